The number of carbonyl (C=O) groups excluding carboxylic acids is 1. The summed E-state index contributed by atoms with van der Waals surface area (Å²) in [5.41, 5.74) is 0.798. The lowest BCUT2D eigenvalue weighted by Crippen LogP contribution is -2.41. The van der Waals surface area contributed by atoms with E-state index < -0.39 is 0 Å². The minimum Gasteiger partial charge on any atom is -0.337 e. The van der Waals surface area contributed by atoms with Crippen LogP contribution in [0.2, 0.25) is 0 Å². The summed E-state index contributed by atoms with van der Waals surface area (Å²) in [6.45, 7) is 4.88. The van der Waals surface area contributed by atoms with Gasteiger partial charge in [-0.05, 0) is 72.7 Å². The van der Waals surface area contributed by atoms with Gasteiger partial charge >= 0.3 is 0 Å². The van der Waals surface area contributed by atoms with Crippen molar-refractivity contribution in [2.24, 2.45) is 0 Å². The lowest BCUT2D eigenvalue weighted by Gasteiger charge is -2.25. The van der Waals surface area contributed by atoms with Gasteiger partial charge in [0.25, 0.3) is 5.91 Å². The largest absolute Gasteiger partial charge is 0.337 e. The zero-order chi connectivity index (χ0) is 13.7. The molecular weight excluding hydrogens is 351 g/mol. The summed E-state index contributed by atoms with van der Waals surface area (Å²) in [6.07, 6.45) is 3.41. The van der Waals surface area contributed by atoms with Crippen LogP contribution >= 0.6 is 22.6 Å². The summed E-state index contributed by atoms with van der Waals surface area (Å²) < 4.78 is 1.16. The fraction of sp³-hybridized carbons (Fsp3) is 0.533. The molecule has 104 valence electrons. The fourth-order valence-electron chi connectivity index (χ4n) is 2.50. The van der Waals surface area contributed by atoms with Gasteiger partial charge in [-0.2, -0.15) is 0 Å². The Morgan fingerprint density at radius 2 is 2.16 bits per heavy atom. The minimum atomic E-state index is 0.159. The van der Waals surface area contributed by atoms with Crippen molar-refractivity contribution in [1.82, 2.24) is 10.2 Å². The highest BCUT2D eigenvalue weighted by molar-refractivity contribution is 14.1. The van der Waals surface area contributed by atoms with Crippen LogP contribution in [0.15, 0.2) is 24.3 Å². The average Bonchev–Trinajstić information content (AvgIpc) is 2.91. The molecular formula is C15H21IN2O. The fourth-order valence-corrected chi connectivity index (χ4v) is 2.86. The smallest absolute Gasteiger partial charge is 0.253 e. The summed E-state index contributed by atoms with van der Waals surface area (Å²) in [6, 6.07) is 8.31. The molecule has 1 unspecified atom stereocenters. The summed E-state index contributed by atoms with van der Waals surface area (Å²) in [5.74, 6) is 0.159. The first kappa shape index (κ1) is 14.8. The highest BCUT2D eigenvalue weighted by Gasteiger charge is 2.21. The molecule has 3 nitrogen and oxygen atoms in total. The summed E-state index contributed by atoms with van der Waals surface area (Å²) in [5, 5.41) is 3.47. The minimum absolute atomic E-state index is 0.159. The zero-order valence-corrected chi connectivity index (χ0v) is 13.5. The summed E-state index contributed by atoms with van der Waals surface area (Å²) in [7, 11) is 0. The van der Waals surface area contributed by atoms with Crippen molar-refractivity contribution < 1.29 is 4.79 Å². The van der Waals surface area contributed by atoms with Crippen LogP contribution in [0, 0.1) is 3.57 Å². The first-order valence-electron chi connectivity index (χ1n) is 6.99. The normalized spacial score (nSPS) is 18.5. The molecule has 1 aliphatic heterocycles. The summed E-state index contributed by atoms with van der Waals surface area (Å²) in [4.78, 5) is 14.5. The molecule has 1 fully saturated rings. The third kappa shape index (κ3) is 4.18. The lowest BCUT2D eigenvalue weighted by atomic mass is 10.1. The van der Waals surface area contributed by atoms with Crippen molar-refractivity contribution in [1.29, 1.82) is 0 Å². The number of halogens is 1. The van der Waals surface area contributed by atoms with Gasteiger partial charge in [0.15, 0.2) is 0 Å². The Morgan fingerprint density at radius 1 is 1.42 bits per heavy atom. The molecule has 0 spiro atoms. The molecule has 2 rings (SSSR count). The number of hydrogen-bond acceptors (Lipinski definition) is 2. The highest BCUT2D eigenvalue weighted by Crippen LogP contribution is 2.13. The van der Waals surface area contributed by atoms with Crippen LogP contribution in [0.3, 0.4) is 0 Å². The number of nitrogens with zero attached hydrogens (tertiary/aromatic N) is 1. The Bertz CT molecular complexity index is 413. The van der Waals surface area contributed by atoms with Crippen LogP contribution in [-0.4, -0.2) is 36.5 Å². The van der Waals surface area contributed by atoms with Gasteiger partial charge in [-0.3, -0.25) is 4.79 Å². The predicted molar refractivity (Wildman–Crippen MR) is 86.4 cm³/mol. The number of amides is 1. The first-order chi connectivity index (χ1) is 9.20. The van der Waals surface area contributed by atoms with Gasteiger partial charge < -0.3 is 10.2 Å². The SMILES string of the molecule is CCCN(CC1CCCN1)C(=O)c1ccc(I)cc1. The highest BCUT2D eigenvalue weighted by atomic mass is 127. The van der Waals surface area contributed by atoms with Crippen molar-refractivity contribution in [2.45, 2.75) is 32.2 Å². The summed E-state index contributed by atoms with van der Waals surface area (Å²) >= 11 is 2.26. The standard InChI is InChI=1S/C15H21IN2O/c1-2-10-18(11-14-4-3-9-17-14)15(19)12-5-7-13(16)8-6-12/h5-8,14,17H,2-4,9-11H2,1H3. The monoisotopic (exact) mass is 372 g/mol. The van der Waals surface area contributed by atoms with Crippen molar-refractivity contribution >= 4 is 28.5 Å². The maximum Gasteiger partial charge on any atom is 0.253 e. The molecule has 1 N–H and O–H groups in total. The Kier molecular flexibility index (Phi) is 5.63. The van der Waals surface area contributed by atoms with Crippen LogP contribution in [0.1, 0.15) is 36.5 Å². The van der Waals surface area contributed by atoms with Gasteiger partial charge in [-0.15, -0.1) is 0 Å². The van der Waals surface area contributed by atoms with Gasteiger partial charge in [-0.25, -0.2) is 0 Å². The van der Waals surface area contributed by atoms with E-state index in [1.165, 1.54) is 12.8 Å². The Morgan fingerprint density at radius 3 is 2.74 bits per heavy atom. The topological polar surface area (TPSA) is 32.3 Å². The number of carbonyl (C=O) groups is 1. The average molecular weight is 372 g/mol. The maximum absolute atomic E-state index is 12.5. The van der Waals surface area contributed by atoms with E-state index in [0.717, 1.165) is 35.2 Å². The second-order valence-corrected chi connectivity index (χ2v) is 6.30. The molecule has 19 heavy (non-hydrogen) atoms. The van der Waals surface area contributed by atoms with E-state index in [1.54, 1.807) is 0 Å². The van der Waals surface area contributed by atoms with Crippen LogP contribution in [0.25, 0.3) is 0 Å². The van der Waals surface area contributed by atoms with E-state index in [1.807, 2.05) is 29.2 Å². The van der Waals surface area contributed by atoms with Crippen LogP contribution in [0.5, 0.6) is 0 Å². The van der Waals surface area contributed by atoms with Crippen LogP contribution in [0.4, 0.5) is 0 Å². The van der Waals surface area contributed by atoms with Gasteiger partial charge in [0.1, 0.15) is 0 Å². The quantitative estimate of drug-likeness (QED) is 0.807. The molecule has 0 radical (unpaired) electrons. The molecule has 1 aromatic carbocycles. The molecule has 1 aliphatic rings. The molecule has 0 bridgehead atoms. The second kappa shape index (κ2) is 7.24. The Balaban J connectivity index is 2.04. The maximum atomic E-state index is 12.5. The van der Waals surface area contributed by atoms with E-state index in [4.69, 9.17) is 0 Å². The zero-order valence-electron chi connectivity index (χ0n) is 11.4. The number of hydrogen-bond donors (Lipinski definition) is 1. The Hall–Kier alpha value is -0.620. The van der Waals surface area contributed by atoms with Gasteiger partial charge in [0.05, 0.1) is 0 Å². The van der Waals surface area contributed by atoms with E-state index in [9.17, 15) is 4.79 Å². The molecule has 0 aliphatic carbocycles. The van der Waals surface area contributed by atoms with E-state index in [2.05, 4.69) is 34.8 Å². The molecule has 1 heterocycles. The Labute approximate surface area is 128 Å². The van der Waals surface area contributed by atoms with Gasteiger partial charge in [-0.1, -0.05) is 6.92 Å². The van der Waals surface area contributed by atoms with Crippen LogP contribution < -0.4 is 5.32 Å². The third-order valence-corrected chi connectivity index (χ3v) is 4.19. The molecule has 1 atom stereocenters. The van der Waals surface area contributed by atoms with Crippen LogP contribution in [-0.2, 0) is 0 Å². The molecule has 1 amide bonds. The van der Waals surface area contributed by atoms with Gasteiger partial charge in [0, 0.05) is 28.3 Å². The first-order valence-corrected chi connectivity index (χ1v) is 8.07. The lowest BCUT2D eigenvalue weighted by molar-refractivity contribution is 0.0742. The van der Waals surface area contributed by atoms with E-state index in [0.29, 0.717) is 6.04 Å². The molecule has 0 aromatic heterocycles. The predicted octanol–water partition coefficient (Wildman–Crippen LogP) is 2.90. The van der Waals surface area contributed by atoms with E-state index in [-0.39, 0.29) is 5.91 Å². The van der Waals surface area contributed by atoms with Crippen molar-refractivity contribution in [3.05, 3.63) is 33.4 Å². The number of benzene rings is 1. The van der Waals surface area contributed by atoms with Gasteiger partial charge in [0.2, 0.25) is 0 Å². The van der Waals surface area contributed by atoms with E-state index >= 15 is 0 Å². The van der Waals surface area contributed by atoms with Crippen molar-refractivity contribution in [3.63, 3.8) is 0 Å². The number of nitrogens with one attached hydrogen (secondary N) is 1. The number of rotatable bonds is 5. The molecule has 1 saturated heterocycles. The second-order valence-electron chi connectivity index (χ2n) is 5.05. The molecule has 4 heteroatoms. The molecule has 0 saturated carbocycles. The van der Waals surface area contributed by atoms with Crippen molar-refractivity contribution in [3.8, 4) is 0 Å². The molecule has 1 aromatic rings. The third-order valence-electron chi connectivity index (χ3n) is 3.48. The van der Waals surface area contributed by atoms with Crippen molar-refractivity contribution in [2.75, 3.05) is 19.6 Å².